The smallest absolute Gasteiger partial charge is 0.266 e. The number of Topliss-reactive ketones (excluding diaryl/α,β-unsaturated/α-hetero) is 1. The Bertz CT molecular complexity index is 414. The molecule has 1 aromatic carbocycles. The minimum absolute atomic E-state index is 0.0725. The van der Waals surface area contributed by atoms with Gasteiger partial charge in [0.15, 0.2) is 5.78 Å². The highest BCUT2D eigenvalue weighted by Crippen LogP contribution is 2.30. The summed E-state index contributed by atoms with van der Waals surface area (Å²) in [5, 5.41) is 0. The minimum Gasteiger partial charge on any atom is -0.365 e. The molecule has 2 nitrogen and oxygen atoms in total. The summed E-state index contributed by atoms with van der Waals surface area (Å²) >= 11 is 0. The van der Waals surface area contributed by atoms with E-state index >= 15 is 0 Å². The zero-order chi connectivity index (χ0) is 12.5. The highest BCUT2D eigenvalue weighted by atomic mass is 19.3. The van der Waals surface area contributed by atoms with Gasteiger partial charge in [0.25, 0.3) is 5.92 Å². The van der Waals surface area contributed by atoms with Gasteiger partial charge >= 0.3 is 0 Å². The van der Waals surface area contributed by atoms with Crippen molar-refractivity contribution >= 4 is 11.5 Å². The van der Waals surface area contributed by atoms with E-state index < -0.39 is 5.92 Å². The van der Waals surface area contributed by atoms with E-state index in [0.29, 0.717) is 18.5 Å². The number of alkyl halides is 2. The normalized spacial score (nSPS) is 18.4. The Morgan fingerprint density at radius 2 is 2.00 bits per heavy atom. The molecular formula is C13H15F2NO. The van der Waals surface area contributed by atoms with Crippen LogP contribution in [-0.4, -0.2) is 24.8 Å². The number of carbonyl (C=O) groups is 1. The van der Waals surface area contributed by atoms with Crippen molar-refractivity contribution in [3.05, 3.63) is 29.8 Å². The average Bonchev–Trinajstić information content (AvgIpc) is 2.69. The van der Waals surface area contributed by atoms with Crippen molar-refractivity contribution < 1.29 is 13.6 Å². The summed E-state index contributed by atoms with van der Waals surface area (Å²) in [7, 11) is 0. The number of nitrogens with zero attached hydrogens (tertiary/aromatic N) is 1. The predicted octanol–water partition coefficient (Wildman–Crippen LogP) is 3.12. The van der Waals surface area contributed by atoms with E-state index in [2.05, 4.69) is 0 Å². The fourth-order valence-electron chi connectivity index (χ4n) is 2.02. The summed E-state index contributed by atoms with van der Waals surface area (Å²) in [6, 6.07) is 6.89. The standard InChI is InChI=1S/C13H15F2NO/c1-2-12(17)10-3-5-11(6-4-10)16-8-7-13(14,15)9-16/h3-6H,2,7-9H2,1H3. The lowest BCUT2D eigenvalue weighted by atomic mass is 10.1. The Morgan fingerprint density at radius 1 is 1.35 bits per heavy atom. The summed E-state index contributed by atoms with van der Waals surface area (Å²) in [5.74, 6) is -2.51. The molecule has 4 heteroatoms. The Hall–Kier alpha value is -1.45. The molecule has 0 atom stereocenters. The SMILES string of the molecule is CCC(=O)c1ccc(N2CCC(F)(F)C2)cc1. The van der Waals surface area contributed by atoms with Gasteiger partial charge in [-0.1, -0.05) is 6.92 Å². The van der Waals surface area contributed by atoms with Crippen molar-refractivity contribution in [2.45, 2.75) is 25.7 Å². The lowest BCUT2D eigenvalue weighted by Gasteiger charge is -2.18. The number of carbonyl (C=O) groups excluding carboxylic acids is 1. The van der Waals surface area contributed by atoms with Crippen LogP contribution >= 0.6 is 0 Å². The third-order valence-corrected chi connectivity index (χ3v) is 3.05. The molecule has 0 saturated carbocycles. The molecule has 2 rings (SSSR count). The van der Waals surface area contributed by atoms with E-state index in [1.165, 1.54) is 0 Å². The first-order valence-corrected chi connectivity index (χ1v) is 5.78. The third-order valence-electron chi connectivity index (χ3n) is 3.05. The van der Waals surface area contributed by atoms with Crippen molar-refractivity contribution in [3.63, 3.8) is 0 Å². The van der Waals surface area contributed by atoms with E-state index in [1.54, 1.807) is 36.1 Å². The first-order chi connectivity index (χ1) is 8.02. The Kier molecular flexibility index (Phi) is 3.13. The van der Waals surface area contributed by atoms with Crippen LogP contribution in [0, 0.1) is 0 Å². The fraction of sp³-hybridized carbons (Fsp3) is 0.462. The second-order valence-corrected chi connectivity index (χ2v) is 4.35. The number of hydrogen-bond donors (Lipinski definition) is 0. The molecule has 0 aliphatic carbocycles. The van der Waals surface area contributed by atoms with Gasteiger partial charge in [-0.2, -0.15) is 0 Å². The number of rotatable bonds is 3. The van der Waals surface area contributed by atoms with Crippen molar-refractivity contribution in [2.24, 2.45) is 0 Å². The number of benzene rings is 1. The van der Waals surface area contributed by atoms with Gasteiger partial charge in [-0.3, -0.25) is 4.79 Å². The van der Waals surface area contributed by atoms with Crippen molar-refractivity contribution in [3.8, 4) is 0 Å². The molecule has 92 valence electrons. The molecule has 17 heavy (non-hydrogen) atoms. The first-order valence-electron chi connectivity index (χ1n) is 5.78. The molecular weight excluding hydrogens is 224 g/mol. The van der Waals surface area contributed by atoms with Gasteiger partial charge in [0.2, 0.25) is 0 Å². The van der Waals surface area contributed by atoms with Gasteiger partial charge in [0, 0.05) is 30.6 Å². The van der Waals surface area contributed by atoms with Crippen LogP contribution in [0.1, 0.15) is 30.1 Å². The molecule has 0 unspecified atom stereocenters. The van der Waals surface area contributed by atoms with Crippen LogP contribution in [0.4, 0.5) is 14.5 Å². The van der Waals surface area contributed by atoms with Crippen molar-refractivity contribution in [1.29, 1.82) is 0 Å². The van der Waals surface area contributed by atoms with E-state index in [0.717, 1.165) is 5.69 Å². The summed E-state index contributed by atoms with van der Waals surface area (Å²) < 4.78 is 26.1. The third kappa shape index (κ3) is 2.62. The molecule has 0 amide bonds. The van der Waals surface area contributed by atoms with E-state index in [4.69, 9.17) is 0 Å². The monoisotopic (exact) mass is 239 g/mol. The number of anilines is 1. The van der Waals surface area contributed by atoms with Gasteiger partial charge in [-0.05, 0) is 24.3 Å². The molecule has 1 aromatic rings. The summed E-state index contributed by atoms with van der Waals surface area (Å²) in [6.07, 6.45) is 0.365. The molecule has 0 radical (unpaired) electrons. The first kappa shape index (κ1) is 12.0. The van der Waals surface area contributed by atoms with Crippen molar-refractivity contribution in [1.82, 2.24) is 0 Å². The second kappa shape index (κ2) is 4.43. The van der Waals surface area contributed by atoms with Crippen LogP contribution < -0.4 is 4.90 Å². The lowest BCUT2D eigenvalue weighted by molar-refractivity contribution is 0.0257. The maximum atomic E-state index is 13.0. The van der Waals surface area contributed by atoms with Crippen LogP contribution in [0.2, 0.25) is 0 Å². The summed E-state index contributed by atoms with van der Waals surface area (Å²) in [5.41, 5.74) is 1.40. The average molecular weight is 239 g/mol. The Balaban J connectivity index is 2.11. The van der Waals surface area contributed by atoms with Crippen LogP contribution in [0.3, 0.4) is 0 Å². The summed E-state index contributed by atoms with van der Waals surface area (Å²) in [4.78, 5) is 13.1. The van der Waals surface area contributed by atoms with Crippen molar-refractivity contribution in [2.75, 3.05) is 18.0 Å². The summed E-state index contributed by atoms with van der Waals surface area (Å²) in [6.45, 7) is 1.94. The molecule has 1 aliphatic heterocycles. The van der Waals surface area contributed by atoms with Gasteiger partial charge < -0.3 is 4.90 Å². The van der Waals surface area contributed by atoms with E-state index in [-0.39, 0.29) is 18.7 Å². The Morgan fingerprint density at radius 3 is 2.47 bits per heavy atom. The molecule has 1 aliphatic rings. The lowest BCUT2D eigenvalue weighted by Crippen LogP contribution is -2.24. The zero-order valence-corrected chi connectivity index (χ0v) is 9.75. The minimum atomic E-state index is -2.59. The topological polar surface area (TPSA) is 20.3 Å². The van der Waals surface area contributed by atoms with Crippen LogP contribution in [0.5, 0.6) is 0 Å². The number of hydrogen-bond acceptors (Lipinski definition) is 2. The van der Waals surface area contributed by atoms with Crippen LogP contribution in [-0.2, 0) is 0 Å². The maximum Gasteiger partial charge on any atom is 0.266 e. The molecule has 0 aromatic heterocycles. The zero-order valence-electron chi connectivity index (χ0n) is 9.75. The maximum absolute atomic E-state index is 13.0. The van der Waals surface area contributed by atoms with E-state index in [1.807, 2.05) is 0 Å². The predicted molar refractivity (Wildman–Crippen MR) is 62.8 cm³/mol. The largest absolute Gasteiger partial charge is 0.365 e. The van der Waals surface area contributed by atoms with Gasteiger partial charge in [-0.15, -0.1) is 0 Å². The molecule has 1 heterocycles. The highest BCUT2D eigenvalue weighted by molar-refractivity contribution is 5.96. The highest BCUT2D eigenvalue weighted by Gasteiger charge is 2.38. The fourth-order valence-corrected chi connectivity index (χ4v) is 2.02. The number of ketones is 1. The molecule has 0 bridgehead atoms. The Labute approximate surface area is 99.2 Å². The molecule has 1 saturated heterocycles. The van der Waals surface area contributed by atoms with Gasteiger partial charge in [0.05, 0.1) is 6.54 Å². The molecule has 1 fully saturated rings. The molecule has 0 N–H and O–H groups in total. The van der Waals surface area contributed by atoms with Gasteiger partial charge in [-0.25, -0.2) is 8.78 Å². The van der Waals surface area contributed by atoms with Crippen LogP contribution in [0.15, 0.2) is 24.3 Å². The van der Waals surface area contributed by atoms with E-state index in [9.17, 15) is 13.6 Å². The second-order valence-electron chi connectivity index (χ2n) is 4.35. The number of halogens is 2. The van der Waals surface area contributed by atoms with Gasteiger partial charge in [0.1, 0.15) is 0 Å². The molecule has 0 spiro atoms. The quantitative estimate of drug-likeness (QED) is 0.755. The van der Waals surface area contributed by atoms with Crippen LogP contribution in [0.25, 0.3) is 0 Å².